The molecular weight excluding hydrogens is 352 g/mol. The molecule has 1 aliphatic heterocycles. The third kappa shape index (κ3) is 4.03. The van der Waals surface area contributed by atoms with Crippen molar-refractivity contribution >= 4 is 11.6 Å². The fourth-order valence-electron chi connectivity index (χ4n) is 3.62. The summed E-state index contributed by atoms with van der Waals surface area (Å²) in [4.78, 5) is 11.4. The molecule has 1 aliphatic carbocycles. The molecule has 2 aromatic rings. The number of benzene rings is 2. The molecule has 1 radical (unpaired) electrons. The van der Waals surface area contributed by atoms with Crippen molar-refractivity contribution in [3.8, 4) is 11.5 Å². The van der Waals surface area contributed by atoms with Crippen LogP contribution in [-0.4, -0.2) is 19.2 Å². The Morgan fingerprint density at radius 2 is 1.86 bits per heavy atom. The van der Waals surface area contributed by atoms with Gasteiger partial charge in [-0.25, -0.2) is 4.79 Å². The zero-order valence-corrected chi connectivity index (χ0v) is 15.9. The van der Waals surface area contributed by atoms with Gasteiger partial charge < -0.3 is 14.8 Å². The van der Waals surface area contributed by atoms with Crippen LogP contribution in [0.2, 0.25) is 0 Å². The van der Waals surface area contributed by atoms with Gasteiger partial charge >= 0.3 is 6.03 Å². The van der Waals surface area contributed by atoms with E-state index in [1.807, 2.05) is 54.6 Å². The van der Waals surface area contributed by atoms with Gasteiger partial charge in [0.05, 0.1) is 25.1 Å². The molecule has 1 N–H and O–H groups in total. The van der Waals surface area contributed by atoms with Gasteiger partial charge in [-0.1, -0.05) is 36.4 Å². The molecule has 1 fully saturated rings. The van der Waals surface area contributed by atoms with E-state index >= 15 is 0 Å². The van der Waals surface area contributed by atoms with Crippen LogP contribution in [0.4, 0.5) is 4.79 Å². The molecule has 0 aromatic heterocycles. The highest BCUT2D eigenvalue weighted by molar-refractivity contribution is 5.86. The van der Waals surface area contributed by atoms with E-state index in [-0.39, 0.29) is 12.1 Å². The van der Waals surface area contributed by atoms with E-state index in [9.17, 15) is 4.79 Å². The molecule has 2 aromatic carbocycles. The lowest BCUT2D eigenvalue weighted by molar-refractivity contribution is 0.201. The number of carbonyl (C=O) groups is 1. The third-order valence-electron chi connectivity index (χ3n) is 5.03. The van der Waals surface area contributed by atoms with Crippen LogP contribution in [0.5, 0.6) is 11.5 Å². The highest BCUT2D eigenvalue weighted by atomic mass is 16.5. The maximum absolute atomic E-state index is 11.4. The van der Waals surface area contributed by atoms with Crippen molar-refractivity contribution in [2.45, 2.75) is 31.8 Å². The first-order chi connectivity index (χ1) is 13.7. The van der Waals surface area contributed by atoms with E-state index in [2.05, 4.69) is 10.6 Å². The molecule has 0 bridgehead atoms. The predicted octanol–water partition coefficient (Wildman–Crippen LogP) is 4.62. The van der Waals surface area contributed by atoms with Crippen LogP contribution >= 0.6 is 0 Å². The van der Waals surface area contributed by atoms with Gasteiger partial charge in [-0.15, -0.1) is 0 Å². The normalized spacial score (nSPS) is 17.1. The van der Waals surface area contributed by atoms with Crippen molar-refractivity contribution in [1.29, 1.82) is 0 Å². The quantitative estimate of drug-likeness (QED) is 0.801. The highest BCUT2D eigenvalue weighted by Gasteiger charge is 2.20. The summed E-state index contributed by atoms with van der Waals surface area (Å²) >= 11 is 0. The van der Waals surface area contributed by atoms with Crippen molar-refractivity contribution in [3.63, 3.8) is 0 Å². The summed E-state index contributed by atoms with van der Waals surface area (Å²) in [6.07, 6.45) is 8.29. The van der Waals surface area contributed by atoms with Crippen molar-refractivity contribution in [2.24, 2.45) is 0 Å². The van der Waals surface area contributed by atoms with Gasteiger partial charge in [0, 0.05) is 0 Å². The SMILES string of the molecule is COc1ccc(/C(=C/C2=C[N]C(=O)N2)c2ccccc2)cc1OC1CCCC1. The number of carbonyl (C=O) groups excluding carboxylic acids is 1. The Morgan fingerprint density at radius 1 is 1.07 bits per heavy atom. The molecule has 2 aliphatic rings. The van der Waals surface area contributed by atoms with Crippen LogP contribution in [0.15, 0.2) is 66.5 Å². The van der Waals surface area contributed by atoms with Gasteiger partial charge in [0.15, 0.2) is 11.5 Å². The zero-order valence-electron chi connectivity index (χ0n) is 15.9. The first kappa shape index (κ1) is 18.2. The molecule has 0 saturated heterocycles. The Balaban J connectivity index is 1.73. The maximum Gasteiger partial charge on any atom is 0.345 e. The van der Waals surface area contributed by atoms with Crippen molar-refractivity contribution in [3.05, 3.63) is 77.6 Å². The topological polar surface area (TPSA) is 61.7 Å². The minimum atomic E-state index is -0.348. The molecule has 5 nitrogen and oxygen atoms in total. The van der Waals surface area contributed by atoms with E-state index in [0.29, 0.717) is 5.70 Å². The monoisotopic (exact) mass is 375 g/mol. The first-order valence-corrected chi connectivity index (χ1v) is 9.57. The lowest BCUT2D eigenvalue weighted by Gasteiger charge is -2.18. The second-order valence-electron chi connectivity index (χ2n) is 6.96. The van der Waals surface area contributed by atoms with Crippen LogP contribution in [-0.2, 0) is 0 Å². The number of hydrogen-bond acceptors (Lipinski definition) is 3. The van der Waals surface area contributed by atoms with Crippen molar-refractivity contribution in [2.75, 3.05) is 7.11 Å². The third-order valence-corrected chi connectivity index (χ3v) is 5.03. The number of amides is 2. The molecule has 0 unspecified atom stereocenters. The second-order valence-corrected chi connectivity index (χ2v) is 6.96. The summed E-state index contributed by atoms with van der Waals surface area (Å²) in [5, 5.41) is 6.51. The summed E-state index contributed by atoms with van der Waals surface area (Å²) in [5.41, 5.74) is 3.67. The van der Waals surface area contributed by atoms with Crippen LogP contribution in [0.3, 0.4) is 0 Å². The van der Waals surface area contributed by atoms with Gasteiger partial charge in [-0.2, -0.15) is 5.32 Å². The number of ether oxygens (including phenoxy) is 2. The van der Waals surface area contributed by atoms with Crippen LogP contribution in [0.1, 0.15) is 36.8 Å². The Hall–Kier alpha value is -3.21. The van der Waals surface area contributed by atoms with E-state index < -0.39 is 0 Å². The Labute approximate surface area is 165 Å². The lowest BCUT2D eigenvalue weighted by Crippen LogP contribution is -2.17. The summed E-state index contributed by atoms with van der Waals surface area (Å²) in [7, 11) is 1.66. The summed E-state index contributed by atoms with van der Waals surface area (Å²) in [6.45, 7) is 0. The minimum absolute atomic E-state index is 0.240. The maximum atomic E-state index is 11.4. The number of urea groups is 1. The summed E-state index contributed by atoms with van der Waals surface area (Å²) in [5.74, 6) is 1.48. The van der Waals surface area contributed by atoms with Crippen molar-refractivity contribution in [1.82, 2.24) is 10.6 Å². The lowest BCUT2D eigenvalue weighted by atomic mass is 9.96. The molecule has 5 heteroatoms. The zero-order chi connectivity index (χ0) is 19.3. The van der Waals surface area contributed by atoms with Gasteiger partial charge in [-0.3, -0.25) is 0 Å². The largest absolute Gasteiger partial charge is 0.493 e. The molecule has 2 amide bonds. The molecule has 0 spiro atoms. The van der Waals surface area contributed by atoms with Crippen LogP contribution in [0, 0.1) is 0 Å². The summed E-state index contributed by atoms with van der Waals surface area (Å²) < 4.78 is 11.8. The molecule has 1 heterocycles. The average molecular weight is 375 g/mol. The van der Waals surface area contributed by atoms with Crippen molar-refractivity contribution < 1.29 is 14.3 Å². The van der Waals surface area contributed by atoms with Crippen LogP contribution in [0.25, 0.3) is 5.57 Å². The fraction of sp³-hybridized carbons (Fsp3) is 0.261. The second kappa shape index (κ2) is 8.21. The number of nitrogens with zero attached hydrogens (tertiary/aromatic N) is 1. The van der Waals surface area contributed by atoms with E-state index in [4.69, 9.17) is 9.47 Å². The Kier molecular flexibility index (Phi) is 5.33. The number of rotatable bonds is 6. The molecule has 1 saturated carbocycles. The highest BCUT2D eigenvalue weighted by Crippen LogP contribution is 2.36. The molecular formula is C23H23N2O3. The van der Waals surface area contributed by atoms with Gasteiger partial charge in [0.25, 0.3) is 0 Å². The van der Waals surface area contributed by atoms with E-state index in [0.717, 1.165) is 41.0 Å². The van der Waals surface area contributed by atoms with Gasteiger partial charge in [-0.05, 0) is 60.6 Å². The molecule has 0 atom stereocenters. The van der Waals surface area contributed by atoms with Gasteiger partial charge in [0.2, 0.25) is 0 Å². The standard InChI is InChI=1S/C23H23N2O3/c1-27-21-12-11-17(13-22(21)28-19-9-5-6-10-19)20(16-7-3-2-4-8-16)14-18-15-24-23(26)25-18/h2-4,7-8,11-15,19H,5-6,9-10H2,1H3,(H,25,26)/b20-14+. The molecule has 143 valence electrons. The van der Waals surface area contributed by atoms with Crippen LogP contribution < -0.4 is 20.1 Å². The van der Waals surface area contributed by atoms with Gasteiger partial charge in [0.1, 0.15) is 0 Å². The number of allylic oxidation sites excluding steroid dienone is 1. The first-order valence-electron chi connectivity index (χ1n) is 9.57. The van der Waals surface area contributed by atoms with E-state index in [1.165, 1.54) is 12.8 Å². The predicted molar refractivity (Wildman–Crippen MR) is 108 cm³/mol. The Morgan fingerprint density at radius 3 is 2.54 bits per heavy atom. The molecule has 4 rings (SSSR count). The number of methoxy groups -OCH3 is 1. The van der Waals surface area contributed by atoms with E-state index in [1.54, 1.807) is 13.3 Å². The Bertz CT molecular complexity index is 913. The molecule has 28 heavy (non-hydrogen) atoms. The number of hydrogen-bond donors (Lipinski definition) is 1. The smallest absolute Gasteiger partial charge is 0.345 e. The minimum Gasteiger partial charge on any atom is -0.493 e. The fourth-order valence-corrected chi connectivity index (χ4v) is 3.62. The number of nitrogens with one attached hydrogen (secondary N) is 1. The average Bonchev–Trinajstić information content (AvgIpc) is 3.38. The summed E-state index contributed by atoms with van der Waals surface area (Å²) in [6, 6.07) is 15.7.